The van der Waals surface area contributed by atoms with E-state index in [4.69, 9.17) is 0 Å². The van der Waals surface area contributed by atoms with Crippen LogP contribution in [0.3, 0.4) is 0 Å². The minimum atomic E-state index is -0.982. The molecule has 6 heteroatoms. The summed E-state index contributed by atoms with van der Waals surface area (Å²) in [6.07, 6.45) is -0.403. The molecule has 0 saturated heterocycles. The lowest BCUT2D eigenvalue weighted by Gasteiger charge is -2.05. The number of halogens is 2. The Morgan fingerprint density at radius 3 is 2.59 bits per heavy atom. The van der Waals surface area contributed by atoms with Gasteiger partial charge in [0, 0.05) is 6.54 Å². The molecule has 92 valence electrons. The molecule has 0 aromatic heterocycles. The van der Waals surface area contributed by atoms with Crippen LogP contribution in [-0.2, 0) is 20.9 Å². The van der Waals surface area contributed by atoms with Gasteiger partial charge in [0.1, 0.15) is 6.42 Å². The van der Waals surface area contributed by atoms with Crippen molar-refractivity contribution in [2.45, 2.75) is 13.0 Å². The Hall–Kier alpha value is -1.98. The van der Waals surface area contributed by atoms with Crippen molar-refractivity contribution in [1.29, 1.82) is 0 Å². The highest BCUT2D eigenvalue weighted by atomic mass is 19.2. The van der Waals surface area contributed by atoms with Gasteiger partial charge in [-0.3, -0.25) is 9.59 Å². The second-order valence-electron chi connectivity index (χ2n) is 3.28. The molecule has 0 unspecified atom stereocenters. The van der Waals surface area contributed by atoms with Gasteiger partial charge in [0.2, 0.25) is 5.91 Å². The molecule has 0 atom stereocenters. The van der Waals surface area contributed by atoms with Crippen LogP contribution in [0.5, 0.6) is 0 Å². The van der Waals surface area contributed by atoms with E-state index in [0.29, 0.717) is 5.56 Å². The topological polar surface area (TPSA) is 55.4 Å². The van der Waals surface area contributed by atoms with E-state index in [9.17, 15) is 18.4 Å². The number of ether oxygens (including phenoxy) is 1. The molecule has 0 spiro atoms. The minimum Gasteiger partial charge on any atom is -0.469 e. The lowest BCUT2D eigenvalue weighted by molar-refractivity contribution is -0.143. The normalized spacial score (nSPS) is 9.82. The number of nitrogens with one attached hydrogen (secondary N) is 1. The number of rotatable bonds is 4. The Kier molecular flexibility index (Phi) is 4.56. The largest absolute Gasteiger partial charge is 0.469 e. The molecule has 0 aliphatic rings. The van der Waals surface area contributed by atoms with Crippen LogP contribution < -0.4 is 5.32 Å². The van der Waals surface area contributed by atoms with Gasteiger partial charge in [0.15, 0.2) is 11.6 Å². The first-order chi connectivity index (χ1) is 8.02. The molecule has 17 heavy (non-hydrogen) atoms. The van der Waals surface area contributed by atoms with Crippen molar-refractivity contribution in [3.8, 4) is 0 Å². The molecule has 1 aromatic rings. The third-order valence-electron chi connectivity index (χ3n) is 2.01. The Morgan fingerprint density at radius 2 is 2.00 bits per heavy atom. The van der Waals surface area contributed by atoms with E-state index >= 15 is 0 Å². The Balaban J connectivity index is 2.47. The summed E-state index contributed by atoms with van der Waals surface area (Å²) in [7, 11) is 1.17. The average molecular weight is 243 g/mol. The number of benzene rings is 1. The number of carbonyl (C=O) groups is 2. The van der Waals surface area contributed by atoms with Crippen molar-refractivity contribution in [2.75, 3.05) is 7.11 Å². The van der Waals surface area contributed by atoms with Gasteiger partial charge < -0.3 is 10.1 Å². The maximum Gasteiger partial charge on any atom is 0.315 e. The average Bonchev–Trinajstić information content (AvgIpc) is 2.30. The summed E-state index contributed by atoms with van der Waals surface area (Å²) in [5.74, 6) is -3.13. The lowest BCUT2D eigenvalue weighted by atomic mass is 10.2. The first kappa shape index (κ1) is 13.1. The number of esters is 1. The van der Waals surface area contributed by atoms with Gasteiger partial charge in [0.25, 0.3) is 0 Å². The highest BCUT2D eigenvalue weighted by Crippen LogP contribution is 2.08. The van der Waals surface area contributed by atoms with E-state index in [-0.39, 0.29) is 6.54 Å². The van der Waals surface area contributed by atoms with Crippen molar-refractivity contribution in [2.24, 2.45) is 0 Å². The summed E-state index contributed by atoms with van der Waals surface area (Å²) >= 11 is 0. The second-order valence-corrected chi connectivity index (χ2v) is 3.28. The van der Waals surface area contributed by atoms with Crippen molar-refractivity contribution < 1.29 is 23.1 Å². The summed E-state index contributed by atoms with van der Waals surface area (Å²) in [5.41, 5.74) is 0.405. The molecule has 0 heterocycles. The zero-order chi connectivity index (χ0) is 12.8. The van der Waals surface area contributed by atoms with Crippen LogP contribution in [0.4, 0.5) is 8.78 Å². The van der Waals surface area contributed by atoms with Crippen LogP contribution >= 0.6 is 0 Å². The molecule has 0 radical (unpaired) electrons. The van der Waals surface area contributed by atoms with E-state index in [1.165, 1.54) is 13.2 Å². The maximum absolute atomic E-state index is 12.8. The van der Waals surface area contributed by atoms with E-state index in [1.54, 1.807) is 0 Å². The van der Waals surface area contributed by atoms with E-state index in [1.807, 2.05) is 0 Å². The molecule has 0 aliphatic carbocycles. The Morgan fingerprint density at radius 1 is 1.29 bits per heavy atom. The highest BCUT2D eigenvalue weighted by Gasteiger charge is 2.09. The predicted molar refractivity (Wildman–Crippen MR) is 54.8 cm³/mol. The predicted octanol–water partition coefficient (Wildman–Crippen LogP) is 1.14. The zero-order valence-corrected chi connectivity index (χ0v) is 9.13. The summed E-state index contributed by atoms with van der Waals surface area (Å²) in [5, 5.41) is 2.38. The monoisotopic (exact) mass is 243 g/mol. The number of methoxy groups -OCH3 is 1. The van der Waals surface area contributed by atoms with Crippen LogP contribution in [0.2, 0.25) is 0 Å². The summed E-state index contributed by atoms with van der Waals surface area (Å²) in [6.45, 7) is 0.0209. The zero-order valence-electron chi connectivity index (χ0n) is 9.13. The molecule has 0 saturated carbocycles. The molecule has 1 rings (SSSR count). The van der Waals surface area contributed by atoms with Crippen LogP contribution in [0.15, 0.2) is 18.2 Å². The second kappa shape index (κ2) is 5.93. The SMILES string of the molecule is COC(=O)CC(=O)NCc1ccc(F)c(F)c1. The van der Waals surface area contributed by atoms with Gasteiger partial charge in [-0.15, -0.1) is 0 Å². The van der Waals surface area contributed by atoms with Crippen molar-refractivity contribution in [3.05, 3.63) is 35.4 Å². The molecular weight excluding hydrogens is 232 g/mol. The molecule has 0 bridgehead atoms. The van der Waals surface area contributed by atoms with E-state index in [0.717, 1.165) is 12.1 Å². The fraction of sp³-hybridized carbons (Fsp3) is 0.273. The summed E-state index contributed by atoms with van der Waals surface area (Å²) in [4.78, 5) is 21.9. The number of carbonyl (C=O) groups excluding carboxylic acids is 2. The van der Waals surface area contributed by atoms with Crippen molar-refractivity contribution in [3.63, 3.8) is 0 Å². The molecular formula is C11H11F2NO3. The molecule has 1 amide bonds. The fourth-order valence-corrected chi connectivity index (χ4v) is 1.12. The van der Waals surface area contributed by atoms with Crippen LogP contribution in [0.25, 0.3) is 0 Å². The molecule has 1 N–H and O–H groups in total. The van der Waals surface area contributed by atoms with Gasteiger partial charge in [0.05, 0.1) is 7.11 Å². The van der Waals surface area contributed by atoms with Gasteiger partial charge in [-0.2, -0.15) is 0 Å². The fourth-order valence-electron chi connectivity index (χ4n) is 1.12. The number of hydrogen-bond acceptors (Lipinski definition) is 3. The van der Waals surface area contributed by atoms with Crippen LogP contribution in [-0.4, -0.2) is 19.0 Å². The van der Waals surface area contributed by atoms with Gasteiger partial charge in [-0.25, -0.2) is 8.78 Å². The highest BCUT2D eigenvalue weighted by molar-refractivity contribution is 5.94. The third kappa shape index (κ3) is 4.18. The quantitative estimate of drug-likeness (QED) is 0.637. The minimum absolute atomic E-state index is 0.0209. The molecule has 4 nitrogen and oxygen atoms in total. The molecule has 1 aromatic carbocycles. The van der Waals surface area contributed by atoms with Gasteiger partial charge in [-0.05, 0) is 17.7 Å². The molecule has 0 fully saturated rings. The lowest BCUT2D eigenvalue weighted by Crippen LogP contribution is -2.25. The molecule has 0 aliphatic heterocycles. The Labute approximate surface area is 96.6 Å². The number of amides is 1. The van der Waals surface area contributed by atoms with E-state index < -0.39 is 29.9 Å². The number of hydrogen-bond donors (Lipinski definition) is 1. The summed E-state index contributed by atoms with van der Waals surface area (Å²) in [6, 6.07) is 3.29. The third-order valence-corrected chi connectivity index (χ3v) is 2.01. The van der Waals surface area contributed by atoms with Crippen LogP contribution in [0.1, 0.15) is 12.0 Å². The van der Waals surface area contributed by atoms with E-state index in [2.05, 4.69) is 10.1 Å². The Bertz CT molecular complexity index is 435. The smallest absolute Gasteiger partial charge is 0.315 e. The van der Waals surface area contributed by atoms with Crippen LogP contribution in [0, 0.1) is 11.6 Å². The first-order valence-electron chi connectivity index (χ1n) is 4.80. The summed E-state index contributed by atoms with van der Waals surface area (Å²) < 4.78 is 29.7. The maximum atomic E-state index is 12.8. The van der Waals surface area contributed by atoms with Gasteiger partial charge >= 0.3 is 5.97 Å². The standard InChI is InChI=1S/C11H11F2NO3/c1-17-11(16)5-10(15)14-6-7-2-3-8(12)9(13)4-7/h2-4H,5-6H2,1H3,(H,14,15). The van der Waals surface area contributed by atoms with Crippen molar-refractivity contribution in [1.82, 2.24) is 5.32 Å². The van der Waals surface area contributed by atoms with Gasteiger partial charge in [-0.1, -0.05) is 6.07 Å². The first-order valence-corrected chi connectivity index (χ1v) is 4.80. The van der Waals surface area contributed by atoms with Crippen molar-refractivity contribution >= 4 is 11.9 Å².